The van der Waals surface area contributed by atoms with Crippen LogP contribution in [0.5, 0.6) is 0 Å². The van der Waals surface area contributed by atoms with Crippen LogP contribution in [0.25, 0.3) is 0 Å². The van der Waals surface area contributed by atoms with Crippen LogP contribution in [0.15, 0.2) is 5.29 Å². The lowest BCUT2D eigenvalue weighted by Gasteiger charge is -2.11. The van der Waals surface area contributed by atoms with E-state index in [9.17, 15) is 9.70 Å². The largest absolute Gasteiger partial charge is 0.394 e. The minimum Gasteiger partial charge on any atom is -0.394 e. The highest BCUT2D eigenvalue weighted by Gasteiger charge is 2.11. The van der Waals surface area contributed by atoms with E-state index in [0.717, 1.165) is 0 Å². The molecule has 0 rings (SSSR count). The Bertz CT molecular complexity index is 155. The Hall–Kier alpha value is -0.880. The van der Waals surface area contributed by atoms with Gasteiger partial charge in [-0.05, 0) is 0 Å². The SMILES string of the molecule is O=NN(CCO)C(=O)NCCCl. The molecule has 0 heterocycles. The van der Waals surface area contributed by atoms with Crippen LogP contribution >= 0.6 is 11.6 Å². The summed E-state index contributed by atoms with van der Waals surface area (Å²) in [6.07, 6.45) is 0. The second kappa shape index (κ2) is 6.81. The number of nitroso groups, excluding NO2 is 1. The molecule has 0 aliphatic rings. The Kier molecular flexibility index (Phi) is 6.31. The maximum Gasteiger partial charge on any atom is 0.340 e. The highest BCUT2D eigenvalue weighted by molar-refractivity contribution is 6.18. The number of halogens is 1. The van der Waals surface area contributed by atoms with E-state index in [1.165, 1.54) is 0 Å². The zero-order valence-corrected chi connectivity index (χ0v) is 7.12. The number of rotatable bonds is 5. The van der Waals surface area contributed by atoms with Crippen molar-refractivity contribution in [1.29, 1.82) is 0 Å². The van der Waals surface area contributed by atoms with Gasteiger partial charge in [0.25, 0.3) is 0 Å². The number of aliphatic hydroxyl groups excluding tert-OH is 1. The highest BCUT2D eigenvalue weighted by atomic mass is 35.5. The van der Waals surface area contributed by atoms with Crippen LogP contribution in [-0.2, 0) is 0 Å². The van der Waals surface area contributed by atoms with Crippen molar-refractivity contribution in [2.24, 2.45) is 5.29 Å². The Balaban J connectivity index is 3.77. The van der Waals surface area contributed by atoms with Crippen LogP contribution in [0.4, 0.5) is 4.79 Å². The molecule has 7 heteroatoms. The van der Waals surface area contributed by atoms with Crippen molar-refractivity contribution in [3.63, 3.8) is 0 Å². The van der Waals surface area contributed by atoms with E-state index in [2.05, 4.69) is 10.6 Å². The number of carbonyl (C=O) groups excluding carboxylic acids is 1. The van der Waals surface area contributed by atoms with Gasteiger partial charge in [-0.1, -0.05) is 0 Å². The average molecular weight is 196 g/mol. The van der Waals surface area contributed by atoms with Crippen LogP contribution in [0, 0.1) is 4.91 Å². The molecule has 0 bridgehead atoms. The molecule has 0 saturated heterocycles. The predicted octanol–water partition coefficient (Wildman–Crippen LogP) is -0.0895. The first-order valence-corrected chi connectivity index (χ1v) is 3.85. The predicted molar refractivity (Wildman–Crippen MR) is 43.7 cm³/mol. The Morgan fingerprint density at radius 2 is 2.33 bits per heavy atom. The molecule has 0 aliphatic carbocycles. The van der Waals surface area contributed by atoms with E-state index in [-0.39, 0.29) is 25.6 Å². The summed E-state index contributed by atoms with van der Waals surface area (Å²) in [5.41, 5.74) is 0. The first-order chi connectivity index (χ1) is 5.76. The number of nitrogens with one attached hydrogen (secondary N) is 1. The molecular formula is C5H10ClN3O3. The van der Waals surface area contributed by atoms with Gasteiger partial charge < -0.3 is 10.4 Å². The first-order valence-electron chi connectivity index (χ1n) is 3.31. The summed E-state index contributed by atoms with van der Waals surface area (Å²) in [5, 5.41) is 13.7. The third-order valence-electron chi connectivity index (χ3n) is 1.02. The van der Waals surface area contributed by atoms with Crippen LogP contribution < -0.4 is 5.32 Å². The van der Waals surface area contributed by atoms with Crippen LogP contribution in [-0.4, -0.2) is 41.7 Å². The highest BCUT2D eigenvalue weighted by Crippen LogP contribution is 1.88. The number of nitrogens with zero attached hydrogens (tertiary/aromatic N) is 2. The van der Waals surface area contributed by atoms with Gasteiger partial charge in [0.05, 0.1) is 18.4 Å². The molecule has 0 aromatic carbocycles. The van der Waals surface area contributed by atoms with Crippen molar-refractivity contribution in [1.82, 2.24) is 10.3 Å². The summed E-state index contributed by atoms with van der Waals surface area (Å²) in [6, 6.07) is -0.653. The zero-order valence-electron chi connectivity index (χ0n) is 6.36. The number of urea groups is 1. The fourth-order valence-corrected chi connectivity index (χ4v) is 0.614. The monoisotopic (exact) mass is 195 g/mol. The van der Waals surface area contributed by atoms with E-state index in [1.807, 2.05) is 0 Å². The van der Waals surface area contributed by atoms with Gasteiger partial charge in [-0.25, -0.2) is 4.79 Å². The number of carbonyl (C=O) groups is 1. The fraction of sp³-hybridized carbons (Fsp3) is 0.800. The molecule has 0 aliphatic heterocycles. The average Bonchev–Trinajstić information content (AvgIpc) is 2.10. The zero-order chi connectivity index (χ0) is 9.40. The van der Waals surface area contributed by atoms with Gasteiger partial charge in [-0.2, -0.15) is 5.01 Å². The van der Waals surface area contributed by atoms with E-state index in [4.69, 9.17) is 16.7 Å². The number of aliphatic hydroxyl groups is 1. The lowest BCUT2D eigenvalue weighted by Crippen LogP contribution is -2.38. The van der Waals surface area contributed by atoms with E-state index in [0.29, 0.717) is 5.01 Å². The lowest BCUT2D eigenvalue weighted by atomic mass is 10.6. The standard InChI is InChI=1S/C5H10ClN3O3/c6-1-2-7-5(11)9(8-12)3-4-10/h10H,1-4H2,(H,7,11). The van der Waals surface area contributed by atoms with Crippen LogP contribution in [0.2, 0.25) is 0 Å². The topological polar surface area (TPSA) is 82.0 Å². The quantitative estimate of drug-likeness (QED) is 0.366. The maximum absolute atomic E-state index is 10.9. The van der Waals surface area contributed by atoms with E-state index < -0.39 is 6.03 Å². The van der Waals surface area contributed by atoms with Gasteiger partial charge in [0.2, 0.25) is 0 Å². The Labute approximate surface area is 74.4 Å². The normalized spacial score (nSPS) is 9.17. The number of alkyl halides is 1. The molecule has 0 aromatic heterocycles. The second-order valence-corrected chi connectivity index (χ2v) is 2.23. The minimum atomic E-state index is -0.653. The van der Waals surface area contributed by atoms with Crippen molar-refractivity contribution in [3.05, 3.63) is 4.91 Å². The molecule has 0 unspecified atom stereocenters. The van der Waals surface area contributed by atoms with Crippen molar-refractivity contribution < 1.29 is 9.90 Å². The van der Waals surface area contributed by atoms with Gasteiger partial charge in [-0.3, -0.25) is 0 Å². The molecule has 0 spiro atoms. The molecule has 0 atom stereocenters. The first kappa shape index (κ1) is 11.1. The lowest BCUT2D eigenvalue weighted by molar-refractivity contribution is 0.179. The Morgan fingerprint density at radius 3 is 2.75 bits per heavy atom. The third-order valence-corrected chi connectivity index (χ3v) is 1.20. The third kappa shape index (κ3) is 4.09. The van der Waals surface area contributed by atoms with E-state index >= 15 is 0 Å². The van der Waals surface area contributed by atoms with Gasteiger partial charge >= 0.3 is 6.03 Å². The summed E-state index contributed by atoms with van der Waals surface area (Å²) in [6.45, 7) is -0.157. The number of hydrogen-bond acceptors (Lipinski definition) is 4. The Morgan fingerprint density at radius 1 is 1.67 bits per heavy atom. The summed E-state index contributed by atoms with van der Waals surface area (Å²) in [7, 11) is 0. The second-order valence-electron chi connectivity index (χ2n) is 1.85. The molecule has 0 radical (unpaired) electrons. The van der Waals surface area contributed by atoms with Crippen molar-refractivity contribution in [3.8, 4) is 0 Å². The summed E-state index contributed by atoms with van der Waals surface area (Å²) in [4.78, 5) is 20.8. The summed E-state index contributed by atoms with van der Waals surface area (Å²) >= 11 is 5.28. The fourth-order valence-electron chi connectivity index (χ4n) is 0.520. The molecule has 0 fully saturated rings. The van der Waals surface area contributed by atoms with Gasteiger partial charge in [0.15, 0.2) is 0 Å². The van der Waals surface area contributed by atoms with Gasteiger partial charge in [0.1, 0.15) is 0 Å². The van der Waals surface area contributed by atoms with Crippen molar-refractivity contribution in [2.75, 3.05) is 25.6 Å². The number of amides is 2. The molecular weight excluding hydrogens is 186 g/mol. The summed E-state index contributed by atoms with van der Waals surface area (Å²) < 4.78 is 0. The molecule has 0 aromatic rings. The molecule has 2 amide bonds. The molecule has 2 N–H and O–H groups in total. The van der Waals surface area contributed by atoms with Gasteiger partial charge in [-0.15, -0.1) is 16.5 Å². The maximum atomic E-state index is 10.9. The van der Waals surface area contributed by atoms with E-state index in [1.54, 1.807) is 0 Å². The minimum absolute atomic E-state index is 0.113. The smallest absolute Gasteiger partial charge is 0.340 e. The van der Waals surface area contributed by atoms with Crippen LogP contribution in [0.3, 0.4) is 0 Å². The molecule has 6 nitrogen and oxygen atoms in total. The summed E-state index contributed by atoms with van der Waals surface area (Å²) in [5.74, 6) is 0.261. The molecule has 0 saturated carbocycles. The van der Waals surface area contributed by atoms with Crippen molar-refractivity contribution >= 4 is 17.6 Å². The molecule has 12 heavy (non-hydrogen) atoms. The molecule has 70 valence electrons. The van der Waals surface area contributed by atoms with Crippen molar-refractivity contribution in [2.45, 2.75) is 0 Å². The van der Waals surface area contributed by atoms with Crippen LogP contribution in [0.1, 0.15) is 0 Å². The number of hydrogen-bond donors (Lipinski definition) is 2. The van der Waals surface area contributed by atoms with Gasteiger partial charge in [0, 0.05) is 12.4 Å².